The van der Waals surface area contributed by atoms with Crippen molar-refractivity contribution in [1.29, 1.82) is 0 Å². The summed E-state index contributed by atoms with van der Waals surface area (Å²) in [7, 11) is 0. The van der Waals surface area contributed by atoms with Crippen LogP contribution in [-0.2, 0) is 36.8 Å². The van der Waals surface area contributed by atoms with Crippen LogP contribution in [0.15, 0.2) is 66.2 Å². The van der Waals surface area contributed by atoms with E-state index in [9.17, 15) is 14.4 Å². The maximum absolute atomic E-state index is 13.2. The van der Waals surface area contributed by atoms with Crippen molar-refractivity contribution in [2.24, 2.45) is 0 Å². The lowest BCUT2D eigenvalue weighted by molar-refractivity contribution is -0.157. The SMILES string of the molecule is CC(C)(C)OC(=O)N[C@@H](C/C=C(\Cc1ccc(OCc2ccccc2)cc1)C(=O)OC(C)(C)C)C(=O)OC(C)(C)C. The van der Waals surface area contributed by atoms with Gasteiger partial charge in [0.1, 0.15) is 35.2 Å². The van der Waals surface area contributed by atoms with Gasteiger partial charge in [-0.15, -0.1) is 0 Å². The molecule has 0 unspecified atom stereocenters. The number of rotatable bonds is 10. The summed E-state index contributed by atoms with van der Waals surface area (Å²) in [6, 6.07) is 16.2. The van der Waals surface area contributed by atoms with E-state index in [-0.39, 0.29) is 12.8 Å². The molecule has 1 atom stereocenters. The van der Waals surface area contributed by atoms with Crippen LogP contribution in [0.5, 0.6) is 5.75 Å². The summed E-state index contributed by atoms with van der Waals surface area (Å²) in [4.78, 5) is 38.7. The summed E-state index contributed by atoms with van der Waals surface area (Å²) in [6.07, 6.45) is 1.11. The second-order valence-electron chi connectivity index (χ2n) is 12.8. The highest BCUT2D eigenvalue weighted by Gasteiger charge is 2.29. The molecular weight excluding hydrogens is 522 g/mol. The highest BCUT2D eigenvalue weighted by atomic mass is 16.6. The zero-order valence-electron chi connectivity index (χ0n) is 25.8. The molecule has 2 aromatic carbocycles. The maximum atomic E-state index is 13.2. The first-order chi connectivity index (χ1) is 18.9. The van der Waals surface area contributed by atoms with Crippen LogP contribution in [0.25, 0.3) is 0 Å². The Morgan fingerprint density at radius 3 is 1.83 bits per heavy atom. The van der Waals surface area contributed by atoms with E-state index in [1.54, 1.807) is 68.4 Å². The number of carbonyl (C=O) groups excluding carboxylic acids is 3. The summed E-state index contributed by atoms with van der Waals surface area (Å²) in [5.41, 5.74) is 0.0149. The van der Waals surface area contributed by atoms with Crippen molar-refractivity contribution in [3.05, 3.63) is 77.4 Å². The number of amides is 1. The fourth-order valence-corrected chi connectivity index (χ4v) is 3.53. The van der Waals surface area contributed by atoms with Crippen molar-refractivity contribution >= 4 is 18.0 Å². The molecule has 224 valence electrons. The Balaban J connectivity index is 2.25. The molecule has 0 saturated heterocycles. The molecule has 0 fully saturated rings. The Labute approximate surface area is 244 Å². The van der Waals surface area contributed by atoms with Gasteiger partial charge < -0.3 is 24.3 Å². The highest BCUT2D eigenvalue weighted by Crippen LogP contribution is 2.20. The predicted molar refractivity (Wildman–Crippen MR) is 158 cm³/mol. The summed E-state index contributed by atoms with van der Waals surface area (Å²) >= 11 is 0. The van der Waals surface area contributed by atoms with Crippen molar-refractivity contribution in [3.8, 4) is 5.75 Å². The van der Waals surface area contributed by atoms with Gasteiger partial charge in [0.25, 0.3) is 0 Å². The molecule has 0 aliphatic rings. The van der Waals surface area contributed by atoms with Gasteiger partial charge in [0.15, 0.2) is 0 Å². The number of carbonyl (C=O) groups is 3. The third-order valence-corrected chi connectivity index (χ3v) is 5.21. The predicted octanol–water partition coefficient (Wildman–Crippen LogP) is 6.70. The quantitative estimate of drug-likeness (QED) is 0.194. The minimum absolute atomic E-state index is 0.000995. The van der Waals surface area contributed by atoms with Crippen LogP contribution in [0.2, 0.25) is 0 Å². The molecule has 41 heavy (non-hydrogen) atoms. The molecule has 0 heterocycles. The van der Waals surface area contributed by atoms with Gasteiger partial charge in [-0.2, -0.15) is 0 Å². The minimum atomic E-state index is -1.07. The zero-order chi connectivity index (χ0) is 30.8. The third-order valence-electron chi connectivity index (χ3n) is 5.21. The number of hydrogen-bond donors (Lipinski definition) is 1. The second-order valence-corrected chi connectivity index (χ2v) is 12.8. The van der Waals surface area contributed by atoms with E-state index in [0.717, 1.165) is 11.1 Å². The van der Waals surface area contributed by atoms with Gasteiger partial charge >= 0.3 is 18.0 Å². The minimum Gasteiger partial charge on any atom is -0.489 e. The fourth-order valence-electron chi connectivity index (χ4n) is 3.53. The Bertz CT molecular complexity index is 1180. The third kappa shape index (κ3) is 13.9. The maximum Gasteiger partial charge on any atom is 0.408 e. The van der Waals surface area contributed by atoms with Crippen molar-refractivity contribution < 1.29 is 33.3 Å². The molecule has 8 heteroatoms. The van der Waals surface area contributed by atoms with E-state index in [4.69, 9.17) is 18.9 Å². The smallest absolute Gasteiger partial charge is 0.408 e. The fraction of sp³-hybridized carbons (Fsp3) is 0.485. The molecule has 1 N–H and O–H groups in total. The van der Waals surface area contributed by atoms with Crippen LogP contribution in [0.3, 0.4) is 0 Å². The summed E-state index contributed by atoms with van der Waals surface area (Å²) in [5, 5.41) is 2.59. The first kappa shape index (κ1) is 33.4. The zero-order valence-corrected chi connectivity index (χ0v) is 25.8. The number of alkyl carbamates (subject to hydrolysis) is 1. The molecule has 0 aliphatic heterocycles. The van der Waals surface area contributed by atoms with Crippen LogP contribution >= 0.6 is 0 Å². The van der Waals surface area contributed by atoms with Crippen LogP contribution in [-0.4, -0.2) is 40.9 Å². The van der Waals surface area contributed by atoms with Crippen LogP contribution < -0.4 is 10.1 Å². The van der Waals surface area contributed by atoms with E-state index in [1.165, 1.54) is 0 Å². The van der Waals surface area contributed by atoms with E-state index in [2.05, 4.69) is 5.32 Å². The van der Waals surface area contributed by atoms with Crippen LogP contribution in [0.4, 0.5) is 4.79 Å². The average Bonchev–Trinajstić information content (AvgIpc) is 2.82. The topological polar surface area (TPSA) is 100 Å². The van der Waals surface area contributed by atoms with Gasteiger partial charge in [0.2, 0.25) is 0 Å². The molecule has 0 bridgehead atoms. The normalized spacial score (nSPS) is 13.1. The molecule has 2 rings (SSSR count). The van der Waals surface area contributed by atoms with Gasteiger partial charge in [-0.3, -0.25) is 0 Å². The lowest BCUT2D eigenvalue weighted by Gasteiger charge is -2.26. The van der Waals surface area contributed by atoms with Crippen molar-refractivity contribution in [1.82, 2.24) is 5.32 Å². The molecule has 1 amide bonds. The molecular formula is C33H45NO7. The lowest BCUT2D eigenvalue weighted by atomic mass is 10.0. The van der Waals surface area contributed by atoms with Gasteiger partial charge in [-0.1, -0.05) is 48.5 Å². The first-order valence-electron chi connectivity index (χ1n) is 13.8. The second kappa shape index (κ2) is 14.2. The number of ether oxygens (including phenoxy) is 4. The van der Waals surface area contributed by atoms with E-state index in [0.29, 0.717) is 17.9 Å². The highest BCUT2D eigenvalue weighted by molar-refractivity contribution is 5.89. The number of esters is 2. The molecule has 0 aliphatic carbocycles. The largest absolute Gasteiger partial charge is 0.489 e. The molecule has 0 radical (unpaired) electrons. The van der Waals surface area contributed by atoms with Gasteiger partial charge in [-0.25, -0.2) is 14.4 Å². The van der Waals surface area contributed by atoms with Crippen molar-refractivity contribution in [3.63, 3.8) is 0 Å². The molecule has 0 aromatic heterocycles. The van der Waals surface area contributed by atoms with Gasteiger partial charge in [0.05, 0.1) is 0 Å². The summed E-state index contributed by atoms with van der Waals surface area (Å²) < 4.78 is 22.4. The molecule has 8 nitrogen and oxygen atoms in total. The van der Waals surface area contributed by atoms with Crippen molar-refractivity contribution in [2.45, 2.75) is 105 Å². The molecule has 0 saturated carbocycles. The summed E-state index contributed by atoms with van der Waals surface area (Å²) in [6.45, 7) is 16.2. The van der Waals surface area contributed by atoms with Gasteiger partial charge in [0, 0.05) is 12.0 Å². The number of hydrogen-bond acceptors (Lipinski definition) is 7. The Kier molecular flexibility index (Phi) is 11.6. The standard InChI is InChI=1S/C33H45NO7/c1-31(2,3)39-28(35)25(21-23-15-18-26(19-16-23)38-22-24-13-11-10-12-14-24)17-20-27(29(36)40-32(4,5)6)34-30(37)41-33(7,8)9/h10-19,27H,20-22H2,1-9H3,(H,34,37)/b25-17+/t27-/m0/s1. The molecule has 2 aromatic rings. The Hall–Kier alpha value is -3.81. The monoisotopic (exact) mass is 567 g/mol. The lowest BCUT2D eigenvalue weighted by Crippen LogP contribution is -2.45. The van der Waals surface area contributed by atoms with Crippen molar-refractivity contribution in [2.75, 3.05) is 0 Å². The summed E-state index contributed by atoms with van der Waals surface area (Å²) in [5.74, 6) is -0.447. The number of nitrogens with one attached hydrogen (secondary N) is 1. The molecule has 0 spiro atoms. The first-order valence-corrected chi connectivity index (χ1v) is 13.8. The van der Waals surface area contributed by atoms with Crippen LogP contribution in [0.1, 0.15) is 79.9 Å². The van der Waals surface area contributed by atoms with E-state index >= 15 is 0 Å². The Morgan fingerprint density at radius 1 is 0.732 bits per heavy atom. The van der Waals surface area contributed by atoms with E-state index < -0.39 is 40.9 Å². The average molecular weight is 568 g/mol. The Morgan fingerprint density at radius 2 is 1.29 bits per heavy atom. The van der Waals surface area contributed by atoms with E-state index in [1.807, 2.05) is 54.6 Å². The van der Waals surface area contributed by atoms with Gasteiger partial charge in [-0.05, 0) is 92.0 Å². The number of benzene rings is 2. The van der Waals surface area contributed by atoms with Crippen LogP contribution in [0, 0.1) is 0 Å².